The van der Waals surface area contributed by atoms with E-state index in [0.717, 1.165) is 12.8 Å². The molecule has 0 aromatic carbocycles. The average Bonchev–Trinajstić information content (AvgIpc) is 3.09. The van der Waals surface area contributed by atoms with Crippen LogP contribution in [0, 0.1) is 5.92 Å². The largest absolute Gasteiger partial charge is 0.391 e. The Morgan fingerprint density at radius 3 is 2.50 bits per heavy atom. The molecule has 0 bridgehead atoms. The summed E-state index contributed by atoms with van der Waals surface area (Å²) in [5.74, 6) is 0.272. The van der Waals surface area contributed by atoms with Gasteiger partial charge in [-0.3, -0.25) is 4.79 Å². The second kappa shape index (κ2) is 6.86. The number of aliphatic hydroxyl groups is 1. The van der Waals surface area contributed by atoms with Crippen LogP contribution < -0.4 is 10.6 Å². The van der Waals surface area contributed by atoms with Gasteiger partial charge in [0.1, 0.15) is 0 Å². The molecule has 0 heterocycles. The maximum atomic E-state index is 11.4. The molecule has 0 aromatic rings. The highest BCUT2D eigenvalue weighted by molar-refractivity contribution is 5.78. The van der Waals surface area contributed by atoms with E-state index in [1.165, 1.54) is 12.8 Å². The van der Waals surface area contributed by atoms with E-state index in [0.29, 0.717) is 19.1 Å². The Bertz CT molecular complexity index is 213. The summed E-state index contributed by atoms with van der Waals surface area (Å²) in [6.07, 6.45) is 3.86. The zero-order valence-electron chi connectivity index (χ0n) is 10.3. The highest BCUT2D eigenvalue weighted by Gasteiger charge is 2.21. The maximum absolute atomic E-state index is 11.4. The summed E-state index contributed by atoms with van der Waals surface area (Å²) in [6, 6.07) is 0.551. The molecule has 1 rings (SSSR count). The van der Waals surface area contributed by atoms with Gasteiger partial charge in [-0.1, -0.05) is 26.7 Å². The standard InChI is InChI=1S/C12H24N2O2/c1-3-9(4-2)11(15)7-14-12(16)8-13-10-5-6-10/h9-11,13,15H,3-8H2,1-2H3,(H,14,16). The first kappa shape index (κ1) is 13.5. The summed E-state index contributed by atoms with van der Waals surface area (Å²) in [7, 11) is 0. The number of amides is 1. The molecule has 0 radical (unpaired) electrons. The fourth-order valence-electron chi connectivity index (χ4n) is 1.80. The van der Waals surface area contributed by atoms with E-state index < -0.39 is 6.10 Å². The quantitative estimate of drug-likeness (QED) is 0.572. The number of hydrogen-bond acceptors (Lipinski definition) is 3. The summed E-state index contributed by atoms with van der Waals surface area (Å²) < 4.78 is 0. The van der Waals surface area contributed by atoms with Crippen molar-refractivity contribution in [1.82, 2.24) is 10.6 Å². The van der Waals surface area contributed by atoms with Crippen LogP contribution in [-0.4, -0.2) is 36.2 Å². The Morgan fingerprint density at radius 2 is 2.00 bits per heavy atom. The van der Waals surface area contributed by atoms with Gasteiger partial charge in [-0.2, -0.15) is 0 Å². The molecule has 94 valence electrons. The second-order valence-electron chi connectivity index (χ2n) is 4.60. The Kier molecular flexibility index (Phi) is 5.77. The van der Waals surface area contributed by atoms with Gasteiger partial charge >= 0.3 is 0 Å². The lowest BCUT2D eigenvalue weighted by molar-refractivity contribution is -0.120. The third kappa shape index (κ3) is 4.94. The molecule has 1 aliphatic carbocycles. The van der Waals surface area contributed by atoms with Crippen molar-refractivity contribution in [2.75, 3.05) is 13.1 Å². The minimum atomic E-state index is -0.417. The first-order valence-electron chi connectivity index (χ1n) is 6.35. The number of hydrogen-bond donors (Lipinski definition) is 3. The molecule has 1 amide bonds. The number of rotatable bonds is 8. The number of aliphatic hydroxyl groups excluding tert-OH is 1. The van der Waals surface area contributed by atoms with Crippen LogP contribution in [0.2, 0.25) is 0 Å². The summed E-state index contributed by atoms with van der Waals surface area (Å²) in [4.78, 5) is 11.4. The number of nitrogens with one attached hydrogen (secondary N) is 2. The predicted molar refractivity (Wildman–Crippen MR) is 64.1 cm³/mol. The second-order valence-corrected chi connectivity index (χ2v) is 4.60. The number of carbonyl (C=O) groups is 1. The molecule has 0 saturated heterocycles. The third-order valence-corrected chi connectivity index (χ3v) is 3.23. The SMILES string of the molecule is CCC(CC)C(O)CNC(=O)CNC1CC1. The van der Waals surface area contributed by atoms with E-state index in [-0.39, 0.29) is 11.8 Å². The van der Waals surface area contributed by atoms with Crippen LogP contribution in [0.15, 0.2) is 0 Å². The van der Waals surface area contributed by atoms with E-state index >= 15 is 0 Å². The molecule has 0 aliphatic heterocycles. The zero-order valence-corrected chi connectivity index (χ0v) is 10.3. The Morgan fingerprint density at radius 1 is 1.38 bits per heavy atom. The van der Waals surface area contributed by atoms with Gasteiger partial charge < -0.3 is 15.7 Å². The van der Waals surface area contributed by atoms with Crippen LogP contribution in [0.4, 0.5) is 0 Å². The highest BCUT2D eigenvalue weighted by atomic mass is 16.3. The molecule has 3 N–H and O–H groups in total. The van der Waals surface area contributed by atoms with Crippen LogP contribution in [0.25, 0.3) is 0 Å². The van der Waals surface area contributed by atoms with Crippen LogP contribution in [0.1, 0.15) is 39.5 Å². The molecule has 1 aliphatic rings. The average molecular weight is 228 g/mol. The molecule has 4 nitrogen and oxygen atoms in total. The van der Waals surface area contributed by atoms with Gasteiger partial charge in [-0.15, -0.1) is 0 Å². The molecule has 4 heteroatoms. The molecule has 1 saturated carbocycles. The van der Waals surface area contributed by atoms with Gasteiger partial charge in [0.2, 0.25) is 5.91 Å². The molecule has 1 fully saturated rings. The van der Waals surface area contributed by atoms with Crippen molar-refractivity contribution < 1.29 is 9.90 Å². The summed E-state index contributed by atoms with van der Waals surface area (Å²) in [5, 5.41) is 15.7. The van der Waals surface area contributed by atoms with E-state index in [4.69, 9.17) is 0 Å². The van der Waals surface area contributed by atoms with Gasteiger partial charge in [0.25, 0.3) is 0 Å². The van der Waals surface area contributed by atoms with Crippen LogP contribution >= 0.6 is 0 Å². The number of carbonyl (C=O) groups excluding carboxylic acids is 1. The lowest BCUT2D eigenvalue weighted by Crippen LogP contribution is -2.40. The minimum absolute atomic E-state index is 0.0168. The molecule has 1 unspecified atom stereocenters. The van der Waals surface area contributed by atoms with E-state index in [9.17, 15) is 9.90 Å². The van der Waals surface area contributed by atoms with Gasteiger partial charge in [0, 0.05) is 12.6 Å². The zero-order chi connectivity index (χ0) is 12.0. The van der Waals surface area contributed by atoms with Gasteiger partial charge in [-0.05, 0) is 18.8 Å². The van der Waals surface area contributed by atoms with Crippen molar-refractivity contribution in [3.05, 3.63) is 0 Å². The molecule has 16 heavy (non-hydrogen) atoms. The summed E-state index contributed by atoms with van der Waals surface area (Å²) >= 11 is 0. The first-order chi connectivity index (χ1) is 7.67. The summed E-state index contributed by atoms with van der Waals surface area (Å²) in [6.45, 7) is 4.87. The van der Waals surface area contributed by atoms with Crippen molar-refractivity contribution in [1.29, 1.82) is 0 Å². The summed E-state index contributed by atoms with van der Waals surface area (Å²) in [5.41, 5.74) is 0. The predicted octanol–water partition coefficient (Wildman–Crippen LogP) is 0.652. The minimum Gasteiger partial charge on any atom is -0.391 e. The van der Waals surface area contributed by atoms with Gasteiger partial charge in [0.15, 0.2) is 0 Å². The maximum Gasteiger partial charge on any atom is 0.234 e. The Labute approximate surface area is 97.8 Å². The molecule has 0 spiro atoms. The van der Waals surface area contributed by atoms with Gasteiger partial charge in [-0.25, -0.2) is 0 Å². The fourth-order valence-corrected chi connectivity index (χ4v) is 1.80. The van der Waals surface area contributed by atoms with Crippen LogP contribution in [0.5, 0.6) is 0 Å². The van der Waals surface area contributed by atoms with Gasteiger partial charge in [0.05, 0.1) is 12.6 Å². The van der Waals surface area contributed by atoms with Crippen LogP contribution in [-0.2, 0) is 4.79 Å². The topological polar surface area (TPSA) is 61.4 Å². The Balaban J connectivity index is 2.08. The van der Waals surface area contributed by atoms with Crippen molar-refractivity contribution in [3.8, 4) is 0 Å². The molecule has 0 aromatic heterocycles. The normalized spacial score (nSPS) is 17.5. The van der Waals surface area contributed by atoms with E-state index in [1.54, 1.807) is 0 Å². The fraction of sp³-hybridized carbons (Fsp3) is 0.917. The smallest absolute Gasteiger partial charge is 0.234 e. The van der Waals surface area contributed by atoms with E-state index in [1.807, 2.05) is 0 Å². The van der Waals surface area contributed by atoms with Crippen LogP contribution in [0.3, 0.4) is 0 Å². The molecule has 1 atom stereocenters. The van der Waals surface area contributed by atoms with E-state index in [2.05, 4.69) is 24.5 Å². The lowest BCUT2D eigenvalue weighted by Gasteiger charge is -2.20. The van der Waals surface area contributed by atoms with Crippen molar-refractivity contribution in [2.45, 2.75) is 51.7 Å². The third-order valence-electron chi connectivity index (χ3n) is 3.23. The molecular formula is C12H24N2O2. The highest BCUT2D eigenvalue weighted by Crippen LogP contribution is 2.17. The van der Waals surface area contributed by atoms with Crippen molar-refractivity contribution >= 4 is 5.91 Å². The lowest BCUT2D eigenvalue weighted by atomic mass is 9.96. The van der Waals surface area contributed by atoms with Crippen molar-refractivity contribution in [2.24, 2.45) is 5.92 Å². The monoisotopic (exact) mass is 228 g/mol. The van der Waals surface area contributed by atoms with Crippen molar-refractivity contribution in [3.63, 3.8) is 0 Å². The first-order valence-corrected chi connectivity index (χ1v) is 6.35. The molecular weight excluding hydrogens is 204 g/mol. The Hall–Kier alpha value is -0.610.